The molecule has 0 saturated heterocycles. The standard InChI is InChI=1S/C10H16ClN3S/c1-8(7-15-3)14(2)10-6-12-5-9(4-11)13-10/h5-6,8H,4,7H2,1-3H3. The molecule has 1 aromatic rings. The van der Waals surface area contributed by atoms with Gasteiger partial charge in [0, 0.05) is 25.0 Å². The summed E-state index contributed by atoms with van der Waals surface area (Å²) in [6.45, 7) is 2.17. The molecule has 5 heteroatoms. The maximum atomic E-state index is 5.72. The topological polar surface area (TPSA) is 29.0 Å². The van der Waals surface area contributed by atoms with E-state index in [9.17, 15) is 0 Å². The molecule has 1 unspecified atom stereocenters. The summed E-state index contributed by atoms with van der Waals surface area (Å²) in [5.74, 6) is 2.37. The van der Waals surface area contributed by atoms with E-state index < -0.39 is 0 Å². The molecule has 0 aliphatic rings. The third-order valence-corrected chi connectivity index (χ3v) is 3.33. The zero-order valence-corrected chi connectivity index (χ0v) is 10.8. The van der Waals surface area contributed by atoms with Crippen molar-refractivity contribution in [3.8, 4) is 0 Å². The average Bonchev–Trinajstić information content (AvgIpc) is 2.28. The highest BCUT2D eigenvalue weighted by atomic mass is 35.5. The molecule has 15 heavy (non-hydrogen) atoms. The highest BCUT2D eigenvalue weighted by Crippen LogP contribution is 2.14. The smallest absolute Gasteiger partial charge is 0.147 e. The Morgan fingerprint density at radius 1 is 1.53 bits per heavy atom. The van der Waals surface area contributed by atoms with Crippen molar-refractivity contribution in [3.05, 3.63) is 18.1 Å². The molecule has 0 spiro atoms. The van der Waals surface area contributed by atoms with E-state index in [1.807, 2.05) is 18.8 Å². The Kier molecular flexibility index (Phi) is 5.19. The van der Waals surface area contributed by atoms with Gasteiger partial charge in [0.15, 0.2) is 0 Å². The van der Waals surface area contributed by atoms with Crippen LogP contribution in [0.5, 0.6) is 0 Å². The highest BCUT2D eigenvalue weighted by Gasteiger charge is 2.11. The second-order valence-corrected chi connectivity index (χ2v) is 4.60. The van der Waals surface area contributed by atoms with Crippen LogP contribution in [0.1, 0.15) is 12.6 Å². The zero-order valence-electron chi connectivity index (χ0n) is 9.27. The van der Waals surface area contributed by atoms with Crippen LogP contribution in [0.3, 0.4) is 0 Å². The Bertz CT molecular complexity index is 308. The van der Waals surface area contributed by atoms with Crippen molar-refractivity contribution in [1.82, 2.24) is 9.97 Å². The third-order valence-electron chi connectivity index (χ3n) is 2.24. The first kappa shape index (κ1) is 12.6. The number of rotatable bonds is 5. The molecule has 0 amide bonds. The number of anilines is 1. The molecular weight excluding hydrogens is 230 g/mol. The summed E-state index contributed by atoms with van der Waals surface area (Å²) in [6, 6.07) is 0.444. The van der Waals surface area contributed by atoms with Gasteiger partial charge in [0.05, 0.1) is 17.8 Å². The summed E-state index contributed by atoms with van der Waals surface area (Å²) in [5.41, 5.74) is 0.817. The van der Waals surface area contributed by atoms with Crippen LogP contribution in [-0.4, -0.2) is 35.1 Å². The van der Waals surface area contributed by atoms with Gasteiger partial charge in [0.1, 0.15) is 5.82 Å². The number of alkyl halides is 1. The van der Waals surface area contributed by atoms with Crippen molar-refractivity contribution in [3.63, 3.8) is 0 Å². The van der Waals surface area contributed by atoms with E-state index in [-0.39, 0.29) is 0 Å². The summed E-state index contributed by atoms with van der Waals surface area (Å²) < 4.78 is 0. The fourth-order valence-corrected chi connectivity index (χ4v) is 2.04. The van der Waals surface area contributed by atoms with Gasteiger partial charge in [-0.25, -0.2) is 4.98 Å². The van der Waals surface area contributed by atoms with Crippen LogP contribution >= 0.6 is 23.4 Å². The third kappa shape index (κ3) is 3.54. The second-order valence-electron chi connectivity index (χ2n) is 3.42. The van der Waals surface area contributed by atoms with Gasteiger partial charge in [-0.05, 0) is 13.2 Å². The van der Waals surface area contributed by atoms with Crippen LogP contribution in [0.4, 0.5) is 5.82 Å². The number of hydrogen-bond donors (Lipinski definition) is 0. The van der Waals surface area contributed by atoms with E-state index in [1.54, 1.807) is 12.4 Å². The fraction of sp³-hybridized carbons (Fsp3) is 0.600. The van der Waals surface area contributed by atoms with Gasteiger partial charge in [0.25, 0.3) is 0 Å². The minimum absolute atomic E-state index is 0.408. The quantitative estimate of drug-likeness (QED) is 0.745. The van der Waals surface area contributed by atoms with Crippen molar-refractivity contribution in [2.24, 2.45) is 0 Å². The zero-order chi connectivity index (χ0) is 11.3. The lowest BCUT2D eigenvalue weighted by atomic mass is 10.3. The second kappa shape index (κ2) is 6.18. The molecule has 1 atom stereocenters. The van der Waals surface area contributed by atoms with Crippen LogP contribution in [0, 0.1) is 0 Å². The van der Waals surface area contributed by atoms with E-state index in [0.717, 1.165) is 17.3 Å². The van der Waals surface area contributed by atoms with E-state index in [4.69, 9.17) is 11.6 Å². The number of aromatic nitrogens is 2. The molecule has 1 rings (SSSR count). The lowest BCUT2D eigenvalue weighted by Gasteiger charge is -2.25. The van der Waals surface area contributed by atoms with E-state index in [1.165, 1.54) is 0 Å². The van der Waals surface area contributed by atoms with Crippen molar-refractivity contribution >= 4 is 29.2 Å². The molecule has 1 aromatic heterocycles. The van der Waals surface area contributed by atoms with Gasteiger partial charge in [-0.15, -0.1) is 11.6 Å². The molecule has 0 aromatic carbocycles. The van der Waals surface area contributed by atoms with Gasteiger partial charge in [-0.2, -0.15) is 11.8 Å². The lowest BCUT2D eigenvalue weighted by molar-refractivity contribution is 0.748. The van der Waals surface area contributed by atoms with Crippen LogP contribution < -0.4 is 4.90 Å². The SMILES string of the molecule is CSCC(C)N(C)c1cncc(CCl)n1. The molecule has 0 radical (unpaired) electrons. The molecular formula is C10H16ClN3S. The highest BCUT2D eigenvalue weighted by molar-refractivity contribution is 7.98. The minimum Gasteiger partial charge on any atom is -0.355 e. The predicted molar refractivity (Wildman–Crippen MR) is 67.8 cm³/mol. The summed E-state index contributed by atoms with van der Waals surface area (Å²) in [5, 5.41) is 0. The van der Waals surface area contributed by atoms with Crippen molar-refractivity contribution in [1.29, 1.82) is 0 Å². The summed E-state index contributed by atoms with van der Waals surface area (Å²) in [6.07, 6.45) is 5.57. The Morgan fingerprint density at radius 2 is 2.27 bits per heavy atom. The van der Waals surface area contributed by atoms with Crippen molar-refractivity contribution in [2.75, 3.05) is 24.0 Å². The Hall–Kier alpha value is -0.480. The van der Waals surface area contributed by atoms with Gasteiger partial charge in [-0.3, -0.25) is 4.98 Å². The van der Waals surface area contributed by atoms with Crippen LogP contribution in [0.15, 0.2) is 12.4 Å². The minimum atomic E-state index is 0.408. The van der Waals surface area contributed by atoms with Gasteiger partial charge in [-0.1, -0.05) is 0 Å². The summed E-state index contributed by atoms with van der Waals surface area (Å²) in [7, 11) is 2.03. The predicted octanol–water partition coefficient (Wildman–Crippen LogP) is 2.40. The number of halogens is 1. The lowest BCUT2D eigenvalue weighted by Crippen LogP contribution is -2.31. The van der Waals surface area contributed by atoms with Crippen LogP contribution in [0.25, 0.3) is 0 Å². The molecule has 0 aliphatic heterocycles. The molecule has 0 N–H and O–H groups in total. The monoisotopic (exact) mass is 245 g/mol. The Balaban J connectivity index is 2.76. The first-order chi connectivity index (χ1) is 7.19. The van der Waals surface area contributed by atoms with Crippen molar-refractivity contribution in [2.45, 2.75) is 18.8 Å². The summed E-state index contributed by atoms with van der Waals surface area (Å²) >= 11 is 7.55. The summed E-state index contributed by atoms with van der Waals surface area (Å²) in [4.78, 5) is 10.7. The molecule has 0 bridgehead atoms. The van der Waals surface area contributed by atoms with Gasteiger partial charge >= 0.3 is 0 Å². The first-order valence-corrected chi connectivity index (χ1v) is 6.70. The van der Waals surface area contributed by atoms with E-state index >= 15 is 0 Å². The van der Waals surface area contributed by atoms with Crippen LogP contribution in [0.2, 0.25) is 0 Å². The van der Waals surface area contributed by atoms with Gasteiger partial charge in [0.2, 0.25) is 0 Å². The maximum Gasteiger partial charge on any atom is 0.147 e. The molecule has 0 saturated carbocycles. The first-order valence-electron chi connectivity index (χ1n) is 4.77. The maximum absolute atomic E-state index is 5.72. The largest absolute Gasteiger partial charge is 0.355 e. The van der Waals surface area contributed by atoms with E-state index in [2.05, 4.69) is 28.0 Å². The molecule has 0 fully saturated rings. The molecule has 84 valence electrons. The Labute approximate surface area is 100 Å². The molecule has 1 heterocycles. The number of nitrogens with zero attached hydrogens (tertiary/aromatic N) is 3. The number of thioether (sulfide) groups is 1. The normalized spacial score (nSPS) is 12.5. The molecule has 0 aliphatic carbocycles. The van der Waals surface area contributed by atoms with Crippen LogP contribution in [-0.2, 0) is 5.88 Å². The fourth-order valence-electron chi connectivity index (χ4n) is 1.21. The molecule has 3 nitrogen and oxygen atoms in total. The average molecular weight is 246 g/mol. The van der Waals surface area contributed by atoms with E-state index in [0.29, 0.717) is 11.9 Å². The Morgan fingerprint density at radius 3 is 2.87 bits per heavy atom. The number of hydrogen-bond acceptors (Lipinski definition) is 4. The van der Waals surface area contributed by atoms with Gasteiger partial charge < -0.3 is 4.90 Å². The van der Waals surface area contributed by atoms with Crippen molar-refractivity contribution < 1.29 is 0 Å².